The summed E-state index contributed by atoms with van der Waals surface area (Å²) in [7, 11) is 0. The number of likely N-dealkylation sites (tertiary alicyclic amines) is 1. The molecule has 1 aliphatic rings. The van der Waals surface area contributed by atoms with Crippen LogP contribution in [0.4, 0.5) is 26.3 Å². The largest absolute Gasteiger partial charge is 0.481 e. The molecule has 2 atom stereocenters. The number of carbonyl (C=O) groups excluding carboxylic acids is 1. The lowest BCUT2D eigenvalue weighted by molar-refractivity contribution is -0.187. The molecule has 1 aromatic carbocycles. The van der Waals surface area contributed by atoms with Gasteiger partial charge in [0.25, 0.3) is 5.91 Å². The lowest BCUT2D eigenvalue weighted by Gasteiger charge is -2.18. The van der Waals surface area contributed by atoms with Gasteiger partial charge in [0.05, 0.1) is 17.4 Å². The number of hydrogen-bond acceptors (Lipinski definition) is 2. The van der Waals surface area contributed by atoms with Gasteiger partial charge < -0.3 is 10.0 Å². The second kappa shape index (κ2) is 5.74. The molecular formula is C13H9F6NO3. The molecule has 0 saturated carbocycles. The Morgan fingerprint density at radius 2 is 1.61 bits per heavy atom. The van der Waals surface area contributed by atoms with Crippen molar-refractivity contribution in [3.8, 4) is 0 Å². The quantitative estimate of drug-likeness (QED) is 0.664. The van der Waals surface area contributed by atoms with Crippen molar-refractivity contribution in [3.05, 3.63) is 35.1 Å². The van der Waals surface area contributed by atoms with Gasteiger partial charge in [-0.2, -0.15) is 13.2 Å². The molecule has 0 spiro atoms. The van der Waals surface area contributed by atoms with Gasteiger partial charge in [-0.15, -0.1) is 0 Å². The SMILES string of the molecule is O=C(O)[C@@H]1CN(C(=O)c2cc(F)c(F)cc2F)C[C@H]1C(F)(F)F. The Balaban J connectivity index is 2.31. The Hall–Kier alpha value is -2.26. The van der Waals surface area contributed by atoms with Crippen LogP contribution >= 0.6 is 0 Å². The highest BCUT2D eigenvalue weighted by Crippen LogP contribution is 2.38. The average Bonchev–Trinajstić information content (AvgIpc) is 2.87. The summed E-state index contributed by atoms with van der Waals surface area (Å²) in [5.41, 5.74) is -0.962. The van der Waals surface area contributed by atoms with Crippen LogP contribution in [-0.2, 0) is 4.79 Å². The zero-order valence-electron chi connectivity index (χ0n) is 11.2. The molecule has 0 aliphatic carbocycles. The lowest BCUT2D eigenvalue weighted by Crippen LogP contribution is -2.34. The summed E-state index contributed by atoms with van der Waals surface area (Å²) < 4.78 is 77.9. The van der Waals surface area contributed by atoms with Crippen molar-refractivity contribution in [1.82, 2.24) is 4.90 Å². The highest BCUT2D eigenvalue weighted by atomic mass is 19.4. The van der Waals surface area contributed by atoms with Crippen molar-refractivity contribution < 1.29 is 41.0 Å². The molecule has 1 saturated heterocycles. The first-order chi connectivity index (χ1) is 10.5. The Morgan fingerprint density at radius 3 is 2.09 bits per heavy atom. The zero-order chi connectivity index (χ0) is 17.5. The van der Waals surface area contributed by atoms with Gasteiger partial charge in [-0.3, -0.25) is 9.59 Å². The fraction of sp³-hybridized carbons (Fsp3) is 0.385. The molecule has 4 nitrogen and oxygen atoms in total. The van der Waals surface area contributed by atoms with E-state index in [1.165, 1.54) is 0 Å². The van der Waals surface area contributed by atoms with Crippen LogP contribution in [0.3, 0.4) is 0 Å². The van der Waals surface area contributed by atoms with Crippen molar-refractivity contribution in [1.29, 1.82) is 0 Å². The number of carboxylic acids is 1. The van der Waals surface area contributed by atoms with E-state index >= 15 is 0 Å². The maximum absolute atomic E-state index is 13.5. The van der Waals surface area contributed by atoms with Gasteiger partial charge in [-0.05, 0) is 6.07 Å². The molecule has 1 aromatic rings. The van der Waals surface area contributed by atoms with Crippen molar-refractivity contribution >= 4 is 11.9 Å². The smallest absolute Gasteiger partial charge is 0.394 e. The number of rotatable bonds is 2. The minimum absolute atomic E-state index is 0.0918. The molecule has 1 amide bonds. The Kier molecular flexibility index (Phi) is 4.27. The summed E-state index contributed by atoms with van der Waals surface area (Å²) in [5, 5.41) is 8.83. The summed E-state index contributed by atoms with van der Waals surface area (Å²) in [5.74, 6) is -11.9. The molecule has 1 fully saturated rings. The van der Waals surface area contributed by atoms with Crippen molar-refractivity contribution in [2.75, 3.05) is 13.1 Å². The number of halogens is 6. The third-order valence-electron chi connectivity index (χ3n) is 3.59. The number of alkyl halides is 3. The predicted molar refractivity (Wildman–Crippen MR) is 62.9 cm³/mol. The van der Waals surface area contributed by atoms with Crippen LogP contribution in [0.15, 0.2) is 12.1 Å². The first-order valence-corrected chi connectivity index (χ1v) is 6.25. The highest BCUT2D eigenvalue weighted by Gasteiger charge is 2.53. The molecule has 1 aliphatic heterocycles. The minimum Gasteiger partial charge on any atom is -0.481 e. The third-order valence-corrected chi connectivity index (χ3v) is 3.59. The van der Waals surface area contributed by atoms with E-state index in [4.69, 9.17) is 5.11 Å². The van der Waals surface area contributed by atoms with E-state index in [-0.39, 0.29) is 12.1 Å². The topological polar surface area (TPSA) is 57.6 Å². The predicted octanol–water partition coefficient (Wildman–Crippen LogP) is 2.44. The normalized spacial score (nSPS) is 21.6. The van der Waals surface area contributed by atoms with Gasteiger partial charge >= 0.3 is 12.1 Å². The van der Waals surface area contributed by atoms with E-state index in [9.17, 15) is 35.9 Å². The fourth-order valence-electron chi connectivity index (χ4n) is 2.41. The maximum atomic E-state index is 13.5. The number of nitrogens with zero attached hydrogens (tertiary/aromatic N) is 1. The van der Waals surface area contributed by atoms with Gasteiger partial charge in [0.15, 0.2) is 11.6 Å². The first kappa shape index (κ1) is 17.1. The van der Waals surface area contributed by atoms with Crippen LogP contribution in [0.1, 0.15) is 10.4 Å². The second-order valence-corrected chi connectivity index (χ2v) is 5.05. The van der Waals surface area contributed by atoms with E-state index in [2.05, 4.69) is 0 Å². The number of carboxylic acid groups (broad SMARTS) is 1. The molecule has 126 valence electrons. The van der Waals surface area contributed by atoms with Crippen LogP contribution in [0.2, 0.25) is 0 Å². The van der Waals surface area contributed by atoms with Gasteiger partial charge in [-0.25, -0.2) is 13.2 Å². The van der Waals surface area contributed by atoms with E-state index in [1.54, 1.807) is 0 Å². The average molecular weight is 341 g/mol. The van der Waals surface area contributed by atoms with Crippen molar-refractivity contribution in [3.63, 3.8) is 0 Å². The Labute approximate surface area is 125 Å². The van der Waals surface area contributed by atoms with E-state index in [0.29, 0.717) is 4.90 Å². The van der Waals surface area contributed by atoms with Crippen molar-refractivity contribution in [2.45, 2.75) is 6.18 Å². The van der Waals surface area contributed by atoms with Crippen LogP contribution in [0, 0.1) is 29.3 Å². The summed E-state index contributed by atoms with van der Waals surface area (Å²) in [6.07, 6.45) is -4.87. The fourth-order valence-corrected chi connectivity index (χ4v) is 2.41. The Morgan fingerprint density at radius 1 is 1.04 bits per heavy atom. The van der Waals surface area contributed by atoms with Crippen molar-refractivity contribution in [2.24, 2.45) is 11.8 Å². The number of benzene rings is 1. The van der Waals surface area contributed by atoms with Gasteiger partial charge in [0, 0.05) is 19.2 Å². The number of carbonyl (C=O) groups is 2. The summed E-state index contributed by atoms with van der Waals surface area (Å²) >= 11 is 0. The molecule has 1 N–H and O–H groups in total. The third kappa shape index (κ3) is 3.25. The molecule has 0 radical (unpaired) electrons. The van der Waals surface area contributed by atoms with E-state index in [1.807, 2.05) is 0 Å². The van der Waals surface area contributed by atoms with Gasteiger partial charge in [-0.1, -0.05) is 0 Å². The molecule has 1 heterocycles. The van der Waals surface area contributed by atoms with Crippen LogP contribution in [0.25, 0.3) is 0 Å². The lowest BCUT2D eigenvalue weighted by atomic mass is 9.96. The standard InChI is InChI=1S/C13H9F6NO3/c14-8-2-10(16)9(15)1-5(8)11(21)20-3-6(12(22)23)7(4-20)13(17,18)19/h1-2,6-7H,3-4H2,(H,22,23)/t6-,7-/m1/s1. The number of aliphatic carboxylic acids is 1. The maximum Gasteiger partial charge on any atom is 0.394 e. The van der Waals surface area contributed by atoms with Crippen LogP contribution in [-0.4, -0.2) is 41.1 Å². The summed E-state index contributed by atoms with van der Waals surface area (Å²) in [6.45, 7) is -1.81. The van der Waals surface area contributed by atoms with Crippen LogP contribution in [0.5, 0.6) is 0 Å². The second-order valence-electron chi connectivity index (χ2n) is 5.05. The van der Waals surface area contributed by atoms with Gasteiger partial charge in [0.2, 0.25) is 0 Å². The first-order valence-electron chi connectivity index (χ1n) is 6.25. The zero-order valence-corrected chi connectivity index (χ0v) is 11.2. The molecular weight excluding hydrogens is 332 g/mol. The summed E-state index contributed by atoms with van der Waals surface area (Å²) in [4.78, 5) is 23.4. The molecule has 0 unspecified atom stereocenters. The van der Waals surface area contributed by atoms with Gasteiger partial charge in [0.1, 0.15) is 5.82 Å². The minimum atomic E-state index is -4.87. The molecule has 0 bridgehead atoms. The number of amides is 1. The van der Waals surface area contributed by atoms with E-state index in [0.717, 1.165) is 0 Å². The number of hydrogen-bond donors (Lipinski definition) is 1. The van der Waals surface area contributed by atoms with Crippen LogP contribution < -0.4 is 0 Å². The molecule has 23 heavy (non-hydrogen) atoms. The summed E-state index contributed by atoms with van der Waals surface area (Å²) in [6, 6.07) is 0.318. The van der Waals surface area contributed by atoms with E-state index < -0.39 is 66.0 Å². The molecule has 0 aromatic heterocycles. The molecule has 2 rings (SSSR count). The molecule has 10 heteroatoms. The highest BCUT2D eigenvalue weighted by molar-refractivity contribution is 5.95. The monoisotopic (exact) mass is 341 g/mol. The Bertz CT molecular complexity index is 660.